The molecule has 80 valence electrons. The van der Waals surface area contributed by atoms with E-state index in [1.54, 1.807) is 11.8 Å². The molecule has 0 aliphatic carbocycles. The van der Waals surface area contributed by atoms with Gasteiger partial charge in [0, 0.05) is 18.8 Å². The summed E-state index contributed by atoms with van der Waals surface area (Å²) >= 11 is 1.80. The van der Waals surface area contributed by atoms with E-state index in [1.165, 1.54) is 11.1 Å². The smallest absolute Gasteiger partial charge is 0.156 e. The average Bonchev–Trinajstić information content (AvgIpc) is 2.30. The van der Waals surface area contributed by atoms with Crippen LogP contribution < -0.4 is 5.32 Å². The molecule has 0 spiro atoms. The van der Waals surface area contributed by atoms with Gasteiger partial charge in [0.2, 0.25) is 0 Å². The molecule has 0 saturated carbocycles. The molecule has 0 fully saturated rings. The first-order valence-corrected chi connectivity index (χ1v) is 6.30. The van der Waals surface area contributed by atoms with Crippen LogP contribution in [0.4, 0.5) is 0 Å². The molecule has 1 aliphatic rings. The van der Waals surface area contributed by atoms with Crippen molar-refractivity contribution in [1.82, 2.24) is 5.32 Å². The third-order valence-corrected chi connectivity index (χ3v) is 3.39. The van der Waals surface area contributed by atoms with Gasteiger partial charge in [-0.25, -0.2) is 0 Å². The Hall–Kier alpha value is -0.960. The second-order valence-electron chi connectivity index (χ2n) is 3.74. The monoisotopic (exact) mass is 220 g/mol. The van der Waals surface area contributed by atoms with Crippen LogP contribution >= 0.6 is 11.8 Å². The first-order chi connectivity index (χ1) is 7.34. The van der Waals surface area contributed by atoms with Gasteiger partial charge in [0.15, 0.2) is 5.17 Å². The third kappa shape index (κ3) is 3.27. The van der Waals surface area contributed by atoms with E-state index in [9.17, 15) is 0 Å². The number of hydrogen-bond donors (Lipinski definition) is 1. The zero-order valence-corrected chi connectivity index (χ0v) is 9.81. The molecule has 1 heterocycles. The molecule has 0 saturated heterocycles. The van der Waals surface area contributed by atoms with E-state index in [-0.39, 0.29) is 0 Å². The topological polar surface area (TPSA) is 24.4 Å². The molecule has 3 heteroatoms. The lowest BCUT2D eigenvalue weighted by Gasteiger charge is -2.13. The Bertz CT molecular complexity index is 343. The fraction of sp³-hybridized carbons (Fsp3) is 0.417. The molecule has 0 amide bonds. The lowest BCUT2D eigenvalue weighted by Crippen LogP contribution is -2.26. The second kappa shape index (κ2) is 5.21. The second-order valence-corrected chi connectivity index (χ2v) is 4.71. The summed E-state index contributed by atoms with van der Waals surface area (Å²) < 4.78 is 0. The number of benzene rings is 1. The molecular formula is C12H16N2S. The van der Waals surface area contributed by atoms with Gasteiger partial charge in [0.25, 0.3) is 0 Å². The molecule has 0 aromatic heterocycles. The van der Waals surface area contributed by atoms with Crippen molar-refractivity contribution in [3.05, 3.63) is 35.4 Å². The summed E-state index contributed by atoms with van der Waals surface area (Å²) in [5.41, 5.74) is 2.68. The summed E-state index contributed by atoms with van der Waals surface area (Å²) in [7, 11) is 0. The molecule has 0 atom stereocenters. The molecule has 2 nitrogen and oxygen atoms in total. The van der Waals surface area contributed by atoms with Gasteiger partial charge in [-0.1, -0.05) is 41.6 Å². The Morgan fingerprint density at radius 2 is 2.13 bits per heavy atom. The largest absolute Gasteiger partial charge is 0.365 e. The highest BCUT2D eigenvalue weighted by Gasteiger charge is 2.04. The van der Waals surface area contributed by atoms with Crippen molar-refractivity contribution in [2.45, 2.75) is 19.1 Å². The number of nitrogens with one attached hydrogen (secondary N) is 1. The molecule has 1 aromatic rings. The number of nitrogens with zero attached hydrogens (tertiary/aromatic N) is 1. The van der Waals surface area contributed by atoms with Gasteiger partial charge in [-0.3, -0.25) is 4.99 Å². The van der Waals surface area contributed by atoms with Crippen molar-refractivity contribution < 1.29 is 0 Å². The Morgan fingerprint density at radius 3 is 2.80 bits per heavy atom. The van der Waals surface area contributed by atoms with Crippen LogP contribution in [0.25, 0.3) is 0 Å². The molecule has 2 rings (SSSR count). The highest BCUT2D eigenvalue weighted by Crippen LogP contribution is 2.14. The van der Waals surface area contributed by atoms with E-state index in [0.717, 1.165) is 30.4 Å². The fourth-order valence-electron chi connectivity index (χ4n) is 1.44. The number of aryl methyl sites for hydroxylation is 1. The quantitative estimate of drug-likeness (QED) is 0.828. The molecule has 0 bridgehead atoms. The van der Waals surface area contributed by atoms with Gasteiger partial charge in [-0.05, 0) is 18.9 Å². The minimum absolute atomic E-state index is 0.975. The molecule has 1 aromatic carbocycles. The van der Waals surface area contributed by atoms with E-state index < -0.39 is 0 Å². The molecular weight excluding hydrogens is 204 g/mol. The predicted octanol–water partition coefficient (Wildman–Crippen LogP) is 2.58. The van der Waals surface area contributed by atoms with Crippen molar-refractivity contribution >= 4 is 16.9 Å². The summed E-state index contributed by atoms with van der Waals surface area (Å²) in [6.45, 7) is 4.16. The summed E-state index contributed by atoms with van der Waals surface area (Å²) in [6, 6.07) is 8.69. The van der Waals surface area contributed by atoms with E-state index in [4.69, 9.17) is 0 Å². The van der Waals surface area contributed by atoms with Crippen LogP contribution in [0.15, 0.2) is 29.3 Å². The highest BCUT2D eigenvalue weighted by atomic mass is 32.2. The summed E-state index contributed by atoms with van der Waals surface area (Å²) in [5.74, 6) is 1.01. The number of rotatable bonds is 2. The maximum Gasteiger partial charge on any atom is 0.156 e. The van der Waals surface area contributed by atoms with Crippen LogP contribution in [0.2, 0.25) is 0 Å². The Labute approximate surface area is 95.2 Å². The SMILES string of the molecule is Cc1ccc(CSC2=NCCCN2)cc1. The van der Waals surface area contributed by atoms with Gasteiger partial charge >= 0.3 is 0 Å². The molecule has 0 unspecified atom stereocenters. The number of aliphatic imine (C=N–C) groups is 1. The highest BCUT2D eigenvalue weighted by molar-refractivity contribution is 8.13. The van der Waals surface area contributed by atoms with Crippen LogP contribution in [-0.2, 0) is 5.75 Å². The summed E-state index contributed by atoms with van der Waals surface area (Å²) in [6.07, 6.45) is 1.16. The average molecular weight is 220 g/mol. The number of hydrogen-bond acceptors (Lipinski definition) is 3. The molecule has 0 radical (unpaired) electrons. The lowest BCUT2D eigenvalue weighted by atomic mass is 10.2. The first kappa shape index (κ1) is 10.6. The van der Waals surface area contributed by atoms with E-state index in [0.29, 0.717) is 0 Å². The summed E-state index contributed by atoms with van der Waals surface area (Å²) in [5, 5.41) is 4.41. The van der Waals surface area contributed by atoms with Crippen molar-refractivity contribution in [3.8, 4) is 0 Å². The van der Waals surface area contributed by atoms with Crippen LogP contribution in [0.1, 0.15) is 17.5 Å². The van der Waals surface area contributed by atoms with Crippen molar-refractivity contribution in [2.24, 2.45) is 4.99 Å². The zero-order valence-electron chi connectivity index (χ0n) is 8.99. The van der Waals surface area contributed by atoms with Gasteiger partial charge in [0.1, 0.15) is 0 Å². The maximum absolute atomic E-state index is 4.43. The maximum atomic E-state index is 4.43. The molecule has 1 aliphatic heterocycles. The Kier molecular flexibility index (Phi) is 3.67. The van der Waals surface area contributed by atoms with Crippen molar-refractivity contribution in [2.75, 3.05) is 13.1 Å². The van der Waals surface area contributed by atoms with E-state index >= 15 is 0 Å². The van der Waals surface area contributed by atoms with Gasteiger partial charge in [-0.2, -0.15) is 0 Å². The predicted molar refractivity (Wildman–Crippen MR) is 67.4 cm³/mol. The Morgan fingerprint density at radius 1 is 1.33 bits per heavy atom. The molecule has 15 heavy (non-hydrogen) atoms. The van der Waals surface area contributed by atoms with Crippen LogP contribution in [0, 0.1) is 6.92 Å². The van der Waals surface area contributed by atoms with Gasteiger partial charge in [-0.15, -0.1) is 0 Å². The lowest BCUT2D eigenvalue weighted by molar-refractivity contribution is 0.751. The van der Waals surface area contributed by atoms with Crippen LogP contribution in [-0.4, -0.2) is 18.3 Å². The van der Waals surface area contributed by atoms with Crippen molar-refractivity contribution in [3.63, 3.8) is 0 Å². The standard InChI is InChI=1S/C12H16N2S/c1-10-3-5-11(6-4-10)9-15-12-13-7-2-8-14-12/h3-6H,2,7-9H2,1H3,(H,13,14). The molecule has 1 N–H and O–H groups in total. The number of amidine groups is 1. The Balaban J connectivity index is 1.87. The zero-order chi connectivity index (χ0) is 10.5. The van der Waals surface area contributed by atoms with E-state index in [2.05, 4.69) is 41.5 Å². The van der Waals surface area contributed by atoms with E-state index in [1.807, 2.05) is 0 Å². The van der Waals surface area contributed by atoms with Gasteiger partial charge < -0.3 is 5.32 Å². The number of thioether (sulfide) groups is 1. The minimum Gasteiger partial charge on any atom is -0.365 e. The fourth-order valence-corrected chi connectivity index (χ4v) is 2.33. The van der Waals surface area contributed by atoms with Gasteiger partial charge in [0.05, 0.1) is 0 Å². The normalized spacial score (nSPS) is 15.7. The van der Waals surface area contributed by atoms with Crippen LogP contribution in [0.3, 0.4) is 0 Å². The first-order valence-electron chi connectivity index (χ1n) is 5.31. The summed E-state index contributed by atoms with van der Waals surface area (Å²) in [4.78, 5) is 4.43. The minimum atomic E-state index is 0.975. The van der Waals surface area contributed by atoms with Crippen molar-refractivity contribution in [1.29, 1.82) is 0 Å². The third-order valence-electron chi connectivity index (χ3n) is 2.36. The van der Waals surface area contributed by atoms with Crippen LogP contribution in [0.5, 0.6) is 0 Å².